The van der Waals surface area contributed by atoms with Gasteiger partial charge in [-0.05, 0) is 38.5 Å². The second-order valence-electron chi connectivity index (χ2n) is 8.19. The largest absolute Gasteiger partial charge is 0.357 e. The Morgan fingerprint density at radius 2 is 1.86 bits per heavy atom. The number of likely N-dealkylation sites (tertiary alicyclic amines) is 1. The van der Waals surface area contributed by atoms with Gasteiger partial charge in [-0.15, -0.1) is 24.0 Å². The third-order valence-electron chi connectivity index (χ3n) is 6.04. The zero-order chi connectivity index (χ0) is 19.8. The molecule has 3 amide bonds. The SMILES string of the molecule is CCNC(=NCCN1C(=O)CNC1=O)NC1CCN(CC2CCCCC2)CC1.I. The van der Waals surface area contributed by atoms with Gasteiger partial charge in [0.1, 0.15) is 0 Å². The lowest BCUT2D eigenvalue weighted by molar-refractivity contribution is -0.124. The molecule has 0 aromatic heterocycles. The highest BCUT2D eigenvalue weighted by Gasteiger charge is 2.28. The van der Waals surface area contributed by atoms with E-state index >= 15 is 0 Å². The van der Waals surface area contributed by atoms with Gasteiger partial charge in [-0.3, -0.25) is 14.7 Å². The van der Waals surface area contributed by atoms with E-state index in [1.54, 1.807) is 0 Å². The molecule has 3 aliphatic rings. The van der Waals surface area contributed by atoms with Crippen LogP contribution in [-0.4, -0.2) is 79.6 Å². The van der Waals surface area contributed by atoms with Crippen LogP contribution in [0.3, 0.4) is 0 Å². The Labute approximate surface area is 191 Å². The van der Waals surface area contributed by atoms with Crippen molar-refractivity contribution < 1.29 is 9.59 Å². The summed E-state index contributed by atoms with van der Waals surface area (Å²) >= 11 is 0. The normalized spacial score (nSPS) is 22.4. The molecule has 0 unspecified atom stereocenters. The highest BCUT2D eigenvalue weighted by atomic mass is 127. The molecule has 9 heteroatoms. The fraction of sp³-hybridized carbons (Fsp3) is 0.850. The molecular formula is C20H37IN6O2. The number of carbonyl (C=O) groups excluding carboxylic acids is 2. The maximum absolute atomic E-state index is 11.6. The van der Waals surface area contributed by atoms with Crippen LogP contribution in [0.25, 0.3) is 0 Å². The van der Waals surface area contributed by atoms with Gasteiger partial charge in [-0.2, -0.15) is 0 Å². The standard InChI is InChI=1S/C20H36N6O2.HI/c1-2-21-19(22-10-13-26-18(27)14-23-20(26)28)24-17-8-11-25(12-9-17)15-16-6-4-3-5-7-16;/h16-17H,2-15H2,1H3,(H,23,28)(H2,21,22,24);1H. The molecule has 3 N–H and O–H groups in total. The van der Waals surface area contributed by atoms with E-state index in [9.17, 15) is 9.59 Å². The molecule has 166 valence electrons. The molecule has 3 fully saturated rings. The predicted octanol–water partition coefficient (Wildman–Crippen LogP) is 1.76. The van der Waals surface area contributed by atoms with E-state index in [1.807, 2.05) is 6.92 Å². The van der Waals surface area contributed by atoms with Crippen LogP contribution in [0.5, 0.6) is 0 Å². The van der Waals surface area contributed by atoms with Crippen LogP contribution in [0.15, 0.2) is 4.99 Å². The lowest BCUT2D eigenvalue weighted by Crippen LogP contribution is -2.49. The number of imide groups is 1. The summed E-state index contributed by atoms with van der Waals surface area (Å²) in [5.41, 5.74) is 0. The van der Waals surface area contributed by atoms with Gasteiger partial charge in [0.25, 0.3) is 0 Å². The zero-order valence-electron chi connectivity index (χ0n) is 17.6. The van der Waals surface area contributed by atoms with E-state index in [-0.39, 0.29) is 42.5 Å². The van der Waals surface area contributed by atoms with Crippen LogP contribution in [0.1, 0.15) is 51.9 Å². The van der Waals surface area contributed by atoms with Crippen molar-refractivity contribution in [1.82, 2.24) is 25.8 Å². The van der Waals surface area contributed by atoms with Gasteiger partial charge in [0.05, 0.1) is 19.6 Å². The van der Waals surface area contributed by atoms with E-state index in [4.69, 9.17) is 0 Å². The number of nitrogens with one attached hydrogen (secondary N) is 3. The number of piperidine rings is 1. The number of nitrogens with zero attached hydrogens (tertiary/aromatic N) is 3. The summed E-state index contributed by atoms with van der Waals surface area (Å²) in [6, 6.07) is 0.112. The average Bonchev–Trinajstić information content (AvgIpc) is 3.02. The summed E-state index contributed by atoms with van der Waals surface area (Å²) in [5, 5.41) is 9.35. The minimum absolute atomic E-state index is 0. The van der Waals surface area contributed by atoms with E-state index < -0.39 is 0 Å². The molecule has 1 saturated carbocycles. The fourth-order valence-electron chi connectivity index (χ4n) is 4.45. The number of carbonyl (C=O) groups is 2. The van der Waals surface area contributed by atoms with Crippen LogP contribution in [0, 0.1) is 5.92 Å². The maximum atomic E-state index is 11.6. The first-order chi connectivity index (χ1) is 13.7. The molecule has 2 saturated heterocycles. The van der Waals surface area contributed by atoms with E-state index in [1.165, 1.54) is 43.5 Å². The average molecular weight is 520 g/mol. The summed E-state index contributed by atoms with van der Waals surface area (Å²) < 4.78 is 0. The van der Waals surface area contributed by atoms with Crippen molar-refractivity contribution in [2.75, 3.05) is 45.8 Å². The number of rotatable bonds is 7. The molecule has 29 heavy (non-hydrogen) atoms. The molecule has 2 heterocycles. The number of urea groups is 1. The Bertz CT molecular complexity index is 543. The van der Waals surface area contributed by atoms with Gasteiger partial charge >= 0.3 is 6.03 Å². The van der Waals surface area contributed by atoms with E-state index in [2.05, 4.69) is 25.8 Å². The predicted molar refractivity (Wildman–Crippen MR) is 126 cm³/mol. The van der Waals surface area contributed by atoms with Crippen molar-refractivity contribution in [1.29, 1.82) is 0 Å². The Balaban J connectivity index is 0.00000300. The van der Waals surface area contributed by atoms with Gasteiger partial charge in [-0.25, -0.2) is 4.79 Å². The second-order valence-corrected chi connectivity index (χ2v) is 8.19. The minimum Gasteiger partial charge on any atom is -0.357 e. The van der Waals surface area contributed by atoms with Crippen LogP contribution in [-0.2, 0) is 4.79 Å². The number of amides is 3. The Morgan fingerprint density at radius 3 is 2.48 bits per heavy atom. The van der Waals surface area contributed by atoms with Crippen LogP contribution in [0.2, 0.25) is 0 Å². The molecule has 2 aliphatic heterocycles. The number of halogens is 1. The molecule has 3 rings (SSSR count). The van der Waals surface area contributed by atoms with Crippen molar-refractivity contribution in [2.45, 2.75) is 57.9 Å². The van der Waals surface area contributed by atoms with Gasteiger partial charge in [0.2, 0.25) is 5.91 Å². The van der Waals surface area contributed by atoms with Crippen LogP contribution in [0.4, 0.5) is 4.79 Å². The van der Waals surface area contributed by atoms with Crippen molar-refractivity contribution in [3.63, 3.8) is 0 Å². The van der Waals surface area contributed by atoms with Crippen molar-refractivity contribution in [3.8, 4) is 0 Å². The smallest absolute Gasteiger partial charge is 0.324 e. The Kier molecular flexibility index (Phi) is 10.5. The van der Waals surface area contributed by atoms with Gasteiger partial charge < -0.3 is 20.9 Å². The summed E-state index contributed by atoms with van der Waals surface area (Å²) in [7, 11) is 0. The zero-order valence-corrected chi connectivity index (χ0v) is 20.0. The van der Waals surface area contributed by atoms with Crippen LogP contribution >= 0.6 is 24.0 Å². The molecule has 1 aliphatic carbocycles. The van der Waals surface area contributed by atoms with E-state index in [0.29, 0.717) is 19.1 Å². The lowest BCUT2D eigenvalue weighted by atomic mass is 9.88. The highest BCUT2D eigenvalue weighted by molar-refractivity contribution is 14.0. The lowest BCUT2D eigenvalue weighted by Gasteiger charge is -2.36. The first kappa shape index (κ1) is 24.2. The monoisotopic (exact) mass is 520 g/mol. The summed E-state index contributed by atoms with van der Waals surface area (Å²) in [6.07, 6.45) is 9.32. The number of guanidine groups is 1. The first-order valence-corrected chi connectivity index (χ1v) is 11.0. The minimum atomic E-state index is -0.316. The fourth-order valence-corrected chi connectivity index (χ4v) is 4.45. The molecule has 0 aromatic rings. The number of hydrogen-bond donors (Lipinski definition) is 3. The maximum Gasteiger partial charge on any atom is 0.324 e. The molecule has 0 spiro atoms. The Hall–Kier alpha value is -1.10. The third-order valence-corrected chi connectivity index (χ3v) is 6.04. The molecule has 8 nitrogen and oxygen atoms in total. The second kappa shape index (κ2) is 12.6. The summed E-state index contributed by atoms with van der Waals surface area (Å²) in [6.45, 7) is 7.23. The molecule has 0 bridgehead atoms. The Morgan fingerprint density at radius 1 is 1.14 bits per heavy atom. The number of hydrogen-bond acceptors (Lipinski definition) is 4. The highest BCUT2D eigenvalue weighted by Crippen LogP contribution is 2.25. The molecule has 0 aromatic carbocycles. The van der Waals surface area contributed by atoms with Crippen molar-refractivity contribution in [3.05, 3.63) is 0 Å². The van der Waals surface area contributed by atoms with Crippen LogP contribution < -0.4 is 16.0 Å². The van der Waals surface area contributed by atoms with Gasteiger partial charge in [0, 0.05) is 32.2 Å². The third kappa shape index (κ3) is 7.58. The quantitative estimate of drug-likeness (QED) is 0.206. The molecule has 0 radical (unpaired) electrons. The topological polar surface area (TPSA) is 89.1 Å². The summed E-state index contributed by atoms with van der Waals surface area (Å²) in [5.74, 6) is 1.51. The molecule has 0 atom stereocenters. The van der Waals surface area contributed by atoms with E-state index in [0.717, 1.165) is 44.4 Å². The number of aliphatic imine (C=N–C) groups is 1. The van der Waals surface area contributed by atoms with Crippen molar-refractivity contribution in [2.24, 2.45) is 10.9 Å². The van der Waals surface area contributed by atoms with Gasteiger partial charge in [-0.1, -0.05) is 19.3 Å². The van der Waals surface area contributed by atoms with Gasteiger partial charge in [0.15, 0.2) is 5.96 Å². The molecular weight excluding hydrogens is 483 g/mol. The summed E-state index contributed by atoms with van der Waals surface area (Å²) in [4.78, 5) is 31.6. The first-order valence-electron chi connectivity index (χ1n) is 11.0. The van der Waals surface area contributed by atoms with Crippen molar-refractivity contribution >= 4 is 41.9 Å².